The molecule has 1 N–H and O–H groups in total. The zero-order valence-corrected chi connectivity index (χ0v) is 15.4. The molecule has 7 nitrogen and oxygen atoms in total. The highest BCUT2D eigenvalue weighted by Crippen LogP contribution is 2.21. The number of aromatic nitrogens is 4. The second-order valence-electron chi connectivity index (χ2n) is 5.52. The normalized spacial score (nSPS) is 10.5. The Hall–Kier alpha value is -2.87. The monoisotopic (exact) mass is 369 g/mol. The molecule has 0 aliphatic carbocycles. The summed E-state index contributed by atoms with van der Waals surface area (Å²) < 4.78 is 7.05. The van der Waals surface area contributed by atoms with E-state index in [9.17, 15) is 4.79 Å². The summed E-state index contributed by atoms with van der Waals surface area (Å²) in [5, 5.41) is 11.9. The van der Waals surface area contributed by atoms with Gasteiger partial charge in [-0.1, -0.05) is 23.9 Å². The Morgan fingerprint density at radius 2 is 2.04 bits per heavy atom. The number of benzene rings is 1. The third kappa shape index (κ3) is 4.40. The summed E-state index contributed by atoms with van der Waals surface area (Å²) in [5.74, 6) is 1.72. The van der Waals surface area contributed by atoms with Gasteiger partial charge in [-0.3, -0.25) is 9.78 Å². The molecule has 26 heavy (non-hydrogen) atoms. The van der Waals surface area contributed by atoms with Gasteiger partial charge in [0.15, 0.2) is 11.0 Å². The van der Waals surface area contributed by atoms with E-state index in [0.717, 1.165) is 22.7 Å². The minimum Gasteiger partial charge on any atom is -0.497 e. The summed E-state index contributed by atoms with van der Waals surface area (Å²) in [6.07, 6.45) is 3.42. The van der Waals surface area contributed by atoms with Crippen molar-refractivity contribution in [1.29, 1.82) is 0 Å². The molecule has 8 heteroatoms. The fraction of sp³-hybridized carbons (Fsp3) is 0.222. The van der Waals surface area contributed by atoms with Gasteiger partial charge in [0.25, 0.3) is 0 Å². The Bertz CT molecular complexity index is 882. The highest BCUT2D eigenvalue weighted by molar-refractivity contribution is 7.99. The maximum atomic E-state index is 12.1. The van der Waals surface area contributed by atoms with Gasteiger partial charge in [-0.2, -0.15) is 0 Å². The summed E-state index contributed by atoms with van der Waals surface area (Å²) in [6.45, 7) is 0.456. The minimum atomic E-state index is -0.0636. The zero-order chi connectivity index (χ0) is 18.4. The molecule has 0 unspecified atom stereocenters. The quantitative estimate of drug-likeness (QED) is 0.644. The van der Waals surface area contributed by atoms with E-state index in [-0.39, 0.29) is 11.7 Å². The van der Waals surface area contributed by atoms with Gasteiger partial charge in [0.1, 0.15) is 5.75 Å². The first kappa shape index (κ1) is 17.9. The van der Waals surface area contributed by atoms with Crippen molar-refractivity contribution < 1.29 is 9.53 Å². The van der Waals surface area contributed by atoms with Crippen molar-refractivity contribution in [1.82, 2.24) is 25.1 Å². The molecule has 134 valence electrons. The molecule has 0 aliphatic rings. The van der Waals surface area contributed by atoms with E-state index < -0.39 is 0 Å². The van der Waals surface area contributed by atoms with Gasteiger partial charge in [-0.25, -0.2) is 0 Å². The van der Waals surface area contributed by atoms with Crippen molar-refractivity contribution in [3.63, 3.8) is 0 Å². The van der Waals surface area contributed by atoms with Crippen LogP contribution in [0.3, 0.4) is 0 Å². The van der Waals surface area contributed by atoms with Crippen molar-refractivity contribution in [2.24, 2.45) is 7.05 Å². The Morgan fingerprint density at radius 3 is 2.81 bits per heavy atom. The number of methoxy groups -OCH3 is 1. The average molecular weight is 369 g/mol. The van der Waals surface area contributed by atoms with Gasteiger partial charge in [-0.15, -0.1) is 10.2 Å². The molecule has 2 heterocycles. The topological polar surface area (TPSA) is 81.9 Å². The molecular weight excluding hydrogens is 350 g/mol. The molecule has 1 aromatic carbocycles. The van der Waals surface area contributed by atoms with Gasteiger partial charge >= 0.3 is 0 Å². The van der Waals surface area contributed by atoms with Crippen molar-refractivity contribution in [3.8, 4) is 17.1 Å². The van der Waals surface area contributed by atoms with Gasteiger partial charge < -0.3 is 14.6 Å². The number of nitrogens with zero attached hydrogens (tertiary/aromatic N) is 4. The Kier molecular flexibility index (Phi) is 5.85. The largest absolute Gasteiger partial charge is 0.497 e. The third-order valence-corrected chi connectivity index (χ3v) is 4.75. The summed E-state index contributed by atoms with van der Waals surface area (Å²) in [5.41, 5.74) is 1.92. The highest BCUT2D eigenvalue weighted by Gasteiger charge is 2.12. The number of rotatable bonds is 7. The lowest BCUT2D eigenvalue weighted by molar-refractivity contribution is -0.118. The van der Waals surface area contributed by atoms with Crippen LogP contribution in [0.2, 0.25) is 0 Å². The van der Waals surface area contributed by atoms with E-state index in [1.807, 2.05) is 48.0 Å². The maximum Gasteiger partial charge on any atom is 0.230 e. The Balaban J connectivity index is 1.54. The van der Waals surface area contributed by atoms with Crippen LogP contribution in [0.5, 0.6) is 5.75 Å². The summed E-state index contributed by atoms with van der Waals surface area (Å²) in [6, 6.07) is 11.4. The molecule has 1 amide bonds. The first-order valence-corrected chi connectivity index (χ1v) is 8.98. The summed E-state index contributed by atoms with van der Waals surface area (Å²) in [7, 11) is 3.50. The van der Waals surface area contributed by atoms with Crippen LogP contribution >= 0.6 is 11.8 Å². The average Bonchev–Trinajstić information content (AvgIpc) is 3.06. The second-order valence-corrected chi connectivity index (χ2v) is 6.46. The van der Waals surface area contributed by atoms with Crippen molar-refractivity contribution in [2.75, 3.05) is 12.9 Å². The predicted molar refractivity (Wildman–Crippen MR) is 99.8 cm³/mol. The lowest BCUT2D eigenvalue weighted by Crippen LogP contribution is -2.24. The van der Waals surface area contributed by atoms with E-state index in [0.29, 0.717) is 11.7 Å². The smallest absolute Gasteiger partial charge is 0.230 e. The number of thioether (sulfide) groups is 1. The van der Waals surface area contributed by atoms with E-state index >= 15 is 0 Å². The fourth-order valence-corrected chi connectivity index (χ4v) is 3.10. The van der Waals surface area contributed by atoms with Crippen molar-refractivity contribution in [3.05, 3.63) is 54.4 Å². The zero-order valence-electron chi connectivity index (χ0n) is 14.5. The van der Waals surface area contributed by atoms with Crippen molar-refractivity contribution >= 4 is 17.7 Å². The van der Waals surface area contributed by atoms with Crippen LogP contribution in [0.15, 0.2) is 53.9 Å². The van der Waals surface area contributed by atoms with Crippen LogP contribution < -0.4 is 10.1 Å². The van der Waals surface area contributed by atoms with Crippen LogP contribution in [0.4, 0.5) is 0 Å². The number of pyridine rings is 1. The van der Waals surface area contributed by atoms with Gasteiger partial charge in [-0.05, 0) is 29.8 Å². The molecule has 0 radical (unpaired) electrons. The number of nitrogens with one attached hydrogen (secondary N) is 1. The molecule has 2 aromatic heterocycles. The number of ether oxygens (including phenoxy) is 1. The molecular formula is C18H19N5O2S. The Labute approximate surface area is 155 Å². The number of amides is 1. The number of carbonyl (C=O) groups excluding carboxylic acids is 1. The van der Waals surface area contributed by atoms with Gasteiger partial charge in [0, 0.05) is 31.5 Å². The minimum absolute atomic E-state index is 0.0636. The van der Waals surface area contributed by atoms with Crippen molar-refractivity contribution in [2.45, 2.75) is 11.7 Å². The molecule has 0 saturated carbocycles. The highest BCUT2D eigenvalue weighted by atomic mass is 32.2. The number of hydrogen-bond donors (Lipinski definition) is 1. The first-order chi connectivity index (χ1) is 12.7. The maximum absolute atomic E-state index is 12.1. The Morgan fingerprint density at radius 1 is 1.23 bits per heavy atom. The SMILES string of the molecule is COc1cccc(CNC(=O)CSc2nnc(-c3ccncc3)n2C)c1. The fourth-order valence-electron chi connectivity index (χ4n) is 2.36. The number of carbonyl (C=O) groups is 1. The summed E-state index contributed by atoms with van der Waals surface area (Å²) >= 11 is 1.35. The van der Waals surface area contributed by atoms with Gasteiger partial charge in [0.05, 0.1) is 12.9 Å². The summed E-state index contributed by atoms with van der Waals surface area (Å²) in [4.78, 5) is 16.1. The molecule has 0 aliphatic heterocycles. The standard InChI is InChI=1S/C18H19N5O2S/c1-23-17(14-6-8-19-9-7-14)21-22-18(23)26-12-16(24)20-11-13-4-3-5-15(10-13)25-2/h3-10H,11-12H2,1-2H3,(H,20,24). The van der Waals surface area contributed by atoms with E-state index in [4.69, 9.17) is 4.74 Å². The second kappa shape index (κ2) is 8.48. The van der Waals surface area contributed by atoms with Crippen LogP contribution in [-0.2, 0) is 18.4 Å². The van der Waals surface area contributed by atoms with E-state index in [2.05, 4.69) is 20.5 Å². The molecule has 3 rings (SSSR count). The van der Waals surface area contributed by atoms with Crippen LogP contribution in [0.25, 0.3) is 11.4 Å². The molecule has 0 saturated heterocycles. The van der Waals surface area contributed by atoms with Crippen LogP contribution in [0.1, 0.15) is 5.56 Å². The van der Waals surface area contributed by atoms with Crippen LogP contribution in [0, 0.1) is 0 Å². The molecule has 0 fully saturated rings. The lowest BCUT2D eigenvalue weighted by atomic mass is 10.2. The lowest BCUT2D eigenvalue weighted by Gasteiger charge is -2.07. The van der Waals surface area contributed by atoms with E-state index in [1.165, 1.54) is 11.8 Å². The number of hydrogen-bond acceptors (Lipinski definition) is 6. The molecule has 0 spiro atoms. The van der Waals surface area contributed by atoms with Gasteiger partial charge in [0.2, 0.25) is 5.91 Å². The van der Waals surface area contributed by atoms with Crippen LogP contribution in [-0.4, -0.2) is 38.5 Å². The molecule has 0 bridgehead atoms. The molecule has 0 atom stereocenters. The molecule has 3 aromatic rings. The predicted octanol–water partition coefficient (Wildman–Crippen LogP) is 2.29. The van der Waals surface area contributed by atoms with E-state index in [1.54, 1.807) is 19.5 Å². The first-order valence-electron chi connectivity index (χ1n) is 7.99. The third-order valence-electron chi connectivity index (χ3n) is 3.73.